The minimum atomic E-state index is -1.35. The second-order valence-electron chi connectivity index (χ2n) is 5.29. The monoisotopic (exact) mass is 335 g/mol. The lowest BCUT2D eigenvalue weighted by Gasteiger charge is -2.07. The van der Waals surface area contributed by atoms with E-state index in [-0.39, 0.29) is 17.4 Å². The van der Waals surface area contributed by atoms with Gasteiger partial charge in [0.15, 0.2) is 5.82 Å². The SMILES string of the molecule is CCCc1nc(C[S@@](=O)CC(=O)NCc2ccccc2C)no1. The van der Waals surface area contributed by atoms with Gasteiger partial charge in [-0.05, 0) is 24.5 Å². The van der Waals surface area contributed by atoms with Gasteiger partial charge >= 0.3 is 0 Å². The highest BCUT2D eigenvalue weighted by Gasteiger charge is 2.13. The summed E-state index contributed by atoms with van der Waals surface area (Å²) < 4.78 is 17.0. The predicted molar refractivity (Wildman–Crippen MR) is 88.0 cm³/mol. The van der Waals surface area contributed by atoms with E-state index in [1.807, 2.05) is 38.1 Å². The molecule has 1 aromatic carbocycles. The molecule has 2 rings (SSSR count). The maximum atomic E-state index is 12.0. The van der Waals surface area contributed by atoms with E-state index in [0.717, 1.165) is 17.5 Å². The number of aromatic nitrogens is 2. The van der Waals surface area contributed by atoms with Crippen molar-refractivity contribution in [2.75, 3.05) is 5.75 Å². The third-order valence-electron chi connectivity index (χ3n) is 3.29. The molecule has 0 saturated heterocycles. The average Bonchev–Trinajstić information content (AvgIpc) is 2.94. The molecule has 1 aromatic heterocycles. The fraction of sp³-hybridized carbons (Fsp3) is 0.438. The van der Waals surface area contributed by atoms with Crippen LogP contribution < -0.4 is 5.32 Å². The van der Waals surface area contributed by atoms with Crippen LogP contribution >= 0.6 is 0 Å². The van der Waals surface area contributed by atoms with Crippen molar-refractivity contribution in [1.82, 2.24) is 15.5 Å². The minimum absolute atomic E-state index is 0.0659. The predicted octanol–water partition coefficient (Wildman–Crippen LogP) is 1.90. The molecule has 0 fully saturated rings. The maximum Gasteiger partial charge on any atom is 0.232 e. The molecule has 1 amide bonds. The molecule has 0 aliphatic rings. The van der Waals surface area contributed by atoms with Gasteiger partial charge in [-0.1, -0.05) is 36.3 Å². The van der Waals surface area contributed by atoms with Crippen molar-refractivity contribution in [2.24, 2.45) is 0 Å². The lowest BCUT2D eigenvalue weighted by Crippen LogP contribution is -2.28. The third-order valence-corrected chi connectivity index (χ3v) is 4.46. The number of carbonyl (C=O) groups is 1. The molecule has 0 radical (unpaired) electrons. The Hall–Kier alpha value is -2.02. The summed E-state index contributed by atoms with van der Waals surface area (Å²) in [7, 11) is -1.35. The Balaban J connectivity index is 1.78. The number of aryl methyl sites for hydroxylation is 2. The van der Waals surface area contributed by atoms with Crippen molar-refractivity contribution >= 4 is 16.7 Å². The van der Waals surface area contributed by atoms with E-state index >= 15 is 0 Å². The average molecular weight is 335 g/mol. The third kappa shape index (κ3) is 5.59. The van der Waals surface area contributed by atoms with Gasteiger partial charge in [0.2, 0.25) is 11.8 Å². The highest BCUT2D eigenvalue weighted by molar-refractivity contribution is 7.84. The van der Waals surface area contributed by atoms with Crippen LogP contribution in [0.3, 0.4) is 0 Å². The Labute approximate surface area is 138 Å². The van der Waals surface area contributed by atoms with Crippen LogP contribution in [0.2, 0.25) is 0 Å². The van der Waals surface area contributed by atoms with Crippen LogP contribution in [0.5, 0.6) is 0 Å². The zero-order chi connectivity index (χ0) is 16.7. The molecule has 0 aliphatic heterocycles. The topological polar surface area (TPSA) is 85.1 Å². The lowest BCUT2D eigenvalue weighted by atomic mass is 10.1. The van der Waals surface area contributed by atoms with Crippen molar-refractivity contribution in [3.8, 4) is 0 Å². The molecule has 0 bridgehead atoms. The number of rotatable bonds is 8. The summed E-state index contributed by atoms with van der Waals surface area (Å²) in [5, 5.41) is 6.56. The molecule has 23 heavy (non-hydrogen) atoms. The van der Waals surface area contributed by atoms with E-state index in [0.29, 0.717) is 24.7 Å². The number of carbonyl (C=O) groups excluding carboxylic acids is 1. The van der Waals surface area contributed by atoms with Gasteiger partial charge in [-0.15, -0.1) is 0 Å². The molecule has 0 unspecified atom stereocenters. The first-order valence-corrected chi connectivity index (χ1v) is 9.05. The van der Waals surface area contributed by atoms with Gasteiger partial charge in [0.25, 0.3) is 0 Å². The van der Waals surface area contributed by atoms with Crippen LogP contribution in [0.15, 0.2) is 28.8 Å². The molecular formula is C16H21N3O3S. The largest absolute Gasteiger partial charge is 0.351 e. The highest BCUT2D eigenvalue weighted by Crippen LogP contribution is 2.06. The van der Waals surface area contributed by atoms with Crippen LogP contribution in [-0.4, -0.2) is 26.0 Å². The van der Waals surface area contributed by atoms with E-state index in [2.05, 4.69) is 15.5 Å². The zero-order valence-corrected chi connectivity index (χ0v) is 14.2. The van der Waals surface area contributed by atoms with Crippen LogP contribution in [0.25, 0.3) is 0 Å². The van der Waals surface area contributed by atoms with Gasteiger partial charge in [0.1, 0.15) is 5.75 Å². The highest BCUT2D eigenvalue weighted by atomic mass is 32.2. The van der Waals surface area contributed by atoms with E-state index in [1.165, 1.54) is 0 Å². The van der Waals surface area contributed by atoms with Crippen molar-refractivity contribution in [3.63, 3.8) is 0 Å². The Bertz CT molecular complexity index is 685. The summed E-state index contributed by atoms with van der Waals surface area (Å²) in [5.41, 5.74) is 2.16. The van der Waals surface area contributed by atoms with Crippen LogP contribution in [0, 0.1) is 6.92 Å². The van der Waals surface area contributed by atoms with E-state index < -0.39 is 10.8 Å². The van der Waals surface area contributed by atoms with E-state index in [4.69, 9.17) is 4.52 Å². The van der Waals surface area contributed by atoms with Gasteiger partial charge in [0, 0.05) is 23.8 Å². The summed E-state index contributed by atoms with van der Waals surface area (Å²) >= 11 is 0. The molecule has 0 spiro atoms. The van der Waals surface area contributed by atoms with Crippen molar-refractivity contribution in [1.29, 1.82) is 0 Å². The summed E-state index contributed by atoms with van der Waals surface area (Å²) in [6.07, 6.45) is 1.61. The number of benzene rings is 1. The summed E-state index contributed by atoms with van der Waals surface area (Å²) in [5.74, 6) is 0.750. The fourth-order valence-corrected chi connectivity index (χ4v) is 2.96. The number of amides is 1. The van der Waals surface area contributed by atoms with Crippen molar-refractivity contribution < 1.29 is 13.5 Å². The Morgan fingerprint density at radius 1 is 1.35 bits per heavy atom. The van der Waals surface area contributed by atoms with Gasteiger partial charge in [-0.3, -0.25) is 9.00 Å². The van der Waals surface area contributed by atoms with E-state index in [9.17, 15) is 9.00 Å². The smallest absolute Gasteiger partial charge is 0.232 e. The van der Waals surface area contributed by atoms with E-state index in [1.54, 1.807) is 0 Å². The molecule has 1 N–H and O–H groups in total. The molecule has 124 valence electrons. The Kier molecular flexibility index (Phi) is 6.46. The van der Waals surface area contributed by atoms with Gasteiger partial charge in [-0.25, -0.2) is 0 Å². The number of nitrogens with one attached hydrogen (secondary N) is 1. The lowest BCUT2D eigenvalue weighted by molar-refractivity contribution is -0.118. The Morgan fingerprint density at radius 2 is 2.13 bits per heavy atom. The van der Waals surface area contributed by atoms with Gasteiger partial charge in [0.05, 0.1) is 5.75 Å². The molecule has 6 nitrogen and oxygen atoms in total. The van der Waals surface area contributed by atoms with Crippen LogP contribution in [-0.2, 0) is 34.3 Å². The number of hydrogen-bond donors (Lipinski definition) is 1. The van der Waals surface area contributed by atoms with Crippen molar-refractivity contribution in [2.45, 2.75) is 39.0 Å². The summed E-state index contributed by atoms with van der Waals surface area (Å²) in [6.45, 7) is 4.44. The molecule has 7 heteroatoms. The fourth-order valence-electron chi connectivity index (χ4n) is 2.06. The standard InChI is InChI=1S/C16H21N3O3S/c1-3-6-16-18-14(19-22-16)10-23(21)11-15(20)17-9-13-8-5-4-7-12(13)2/h4-5,7-8H,3,6,9-11H2,1-2H3,(H,17,20)/t23-/m1/s1. The normalized spacial score (nSPS) is 12.1. The van der Waals surface area contributed by atoms with Gasteiger partial charge in [-0.2, -0.15) is 4.98 Å². The molecule has 0 saturated carbocycles. The number of hydrogen-bond acceptors (Lipinski definition) is 5. The minimum Gasteiger partial charge on any atom is -0.351 e. The first-order valence-electron chi connectivity index (χ1n) is 7.56. The number of nitrogens with zero attached hydrogens (tertiary/aromatic N) is 2. The summed E-state index contributed by atoms with van der Waals surface area (Å²) in [6, 6.07) is 7.83. The van der Waals surface area contributed by atoms with Gasteiger partial charge < -0.3 is 9.84 Å². The molecule has 2 aromatic rings. The van der Waals surface area contributed by atoms with Crippen molar-refractivity contribution in [3.05, 3.63) is 47.1 Å². The summed E-state index contributed by atoms with van der Waals surface area (Å²) in [4.78, 5) is 16.0. The maximum absolute atomic E-state index is 12.0. The van der Waals surface area contributed by atoms with Crippen LogP contribution in [0.1, 0.15) is 36.2 Å². The first kappa shape index (κ1) is 17.3. The second kappa shape index (κ2) is 8.57. The quantitative estimate of drug-likeness (QED) is 0.796. The Morgan fingerprint density at radius 3 is 2.87 bits per heavy atom. The first-order chi connectivity index (χ1) is 11.1. The molecule has 1 heterocycles. The van der Waals surface area contributed by atoms with Crippen LogP contribution in [0.4, 0.5) is 0 Å². The molecular weight excluding hydrogens is 314 g/mol. The molecule has 0 aliphatic carbocycles. The zero-order valence-electron chi connectivity index (χ0n) is 13.4. The molecule has 1 atom stereocenters. The second-order valence-corrected chi connectivity index (χ2v) is 6.74.